The number of nitrogens with zero attached hydrogens (tertiary/aromatic N) is 2. The van der Waals surface area contributed by atoms with E-state index in [-0.39, 0.29) is 18.2 Å². The van der Waals surface area contributed by atoms with Gasteiger partial charge in [-0.1, -0.05) is 24.3 Å². The molecule has 0 bridgehead atoms. The Morgan fingerprint density at radius 3 is 2.36 bits per heavy atom. The second kappa shape index (κ2) is 10.9. The highest BCUT2D eigenvalue weighted by atomic mass is 19.4. The Labute approximate surface area is 226 Å². The molecule has 1 unspecified atom stereocenters. The predicted molar refractivity (Wildman–Crippen MR) is 140 cm³/mol. The summed E-state index contributed by atoms with van der Waals surface area (Å²) in [7, 11) is 0. The predicted octanol–water partition coefficient (Wildman–Crippen LogP) is 5.48. The second-order valence-corrected chi connectivity index (χ2v) is 11.2. The largest absolute Gasteiger partial charge is 0.444 e. The third kappa shape index (κ3) is 6.72. The number of fused-ring (bicyclic) bond motifs is 1. The molecule has 4 rings (SSSR count). The van der Waals surface area contributed by atoms with E-state index in [0.29, 0.717) is 43.7 Å². The molecule has 7 nitrogen and oxygen atoms in total. The average molecular weight is 546 g/mol. The van der Waals surface area contributed by atoms with Gasteiger partial charge in [0.1, 0.15) is 11.6 Å². The van der Waals surface area contributed by atoms with Gasteiger partial charge in [0.15, 0.2) is 0 Å². The number of carbonyl (C=O) groups excluding carboxylic acids is 3. The number of nitrogens with one attached hydrogen (secondary N) is 1. The van der Waals surface area contributed by atoms with Crippen molar-refractivity contribution >= 4 is 23.6 Å². The standard InChI is InChI=1S/C29H34F3N3O4/c1-18-7-10-20-17-34(26(37)23-6-5-14-35(23)27(38)39-28(2,3)4)15-13-22(20)25(18)33-24(36)16-19-8-11-21(12-9-19)29(30,31)32/h7-12,23H,5-6,13-17H2,1-4H3,(H,33,36). The Balaban J connectivity index is 1.43. The molecule has 2 heterocycles. The van der Waals surface area contributed by atoms with Crippen LogP contribution in [0.15, 0.2) is 36.4 Å². The van der Waals surface area contributed by atoms with Gasteiger partial charge in [0.2, 0.25) is 11.8 Å². The maximum atomic E-state index is 13.4. The number of alkyl halides is 3. The highest BCUT2D eigenvalue weighted by Gasteiger charge is 2.39. The highest BCUT2D eigenvalue weighted by Crippen LogP contribution is 2.32. The van der Waals surface area contributed by atoms with Crippen molar-refractivity contribution in [3.05, 3.63) is 64.2 Å². The lowest BCUT2D eigenvalue weighted by molar-refractivity contribution is -0.138. The average Bonchev–Trinajstić information content (AvgIpc) is 3.34. The van der Waals surface area contributed by atoms with Crippen molar-refractivity contribution in [1.29, 1.82) is 0 Å². The molecule has 2 aliphatic rings. The van der Waals surface area contributed by atoms with Crippen LogP contribution in [-0.2, 0) is 39.9 Å². The van der Waals surface area contributed by atoms with Gasteiger partial charge in [-0.05, 0) is 81.3 Å². The van der Waals surface area contributed by atoms with Gasteiger partial charge < -0.3 is 15.0 Å². The first kappa shape index (κ1) is 28.4. The van der Waals surface area contributed by atoms with Crippen LogP contribution >= 0.6 is 0 Å². The molecule has 2 aliphatic heterocycles. The molecule has 1 atom stereocenters. The van der Waals surface area contributed by atoms with Crippen molar-refractivity contribution in [2.24, 2.45) is 0 Å². The first-order valence-corrected chi connectivity index (χ1v) is 13.1. The number of aryl methyl sites for hydroxylation is 1. The second-order valence-electron chi connectivity index (χ2n) is 11.2. The van der Waals surface area contributed by atoms with Crippen molar-refractivity contribution in [1.82, 2.24) is 9.80 Å². The van der Waals surface area contributed by atoms with Crippen LogP contribution in [0.4, 0.5) is 23.7 Å². The SMILES string of the molecule is Cc1ccc2c(c1NC(=O)Cc1ccc(C(F)(F)F)cc1)CCN(C(=O)C1CCCN1C(=O)OC(C)(C)C)C2. The van der Waals surface area contributed by atoms with Crippen LogP contribution < -0.4 is 5.32 Å². The minimum atomic E-state index is -4.43. The summed E-state index contributed by atoms with van der Waals surface area (Å²) in [6.45, 7) is 8.53. The van der Waals surface area contributed by atoms with Crippen LogP contribution in [0.5, 0.6) is 0 Å². The van der Waals surface area contributed by atoms with Crippen molar-refractivity contribution in [2.75, 3.05) is 18.4 Å². The van der Waals surface area contributed by atoms with Crippen LogP contribution in [-0.4, -0.2) is 52.4 Å². The quantitative estimate of drug-likeness (QED) is 0.552. The molecule has 0 spiro atoms. The van der Waals surface area contributed by atoms with E-state index in [4.69, 9.17) is 4.74 Å². The van der Waals surface area contributed by atoms with E-state index in [2.05, 4.69) is 5.32 Å². The molecule has 1 N–H and O–H groups in total. The van der Waals surface area contributed by atoms with Crippen LogP contribution in [0.2, 0.25) is 0 Å². The van der Waals surface area contributed by atoms with Gasteiger partial charge >= 0.3 is 12.3 Å². The van der Waals surface area contributed by atoms with Crippen molar-refractivity contribution in [2.45, 2.75) is 77.7 Å². The Kier molecular flexibility index (Phi) is 7.95. The molecular weight excluding hydrogens is 511 g/mol. The Morgan fingerprint density at radius 2 is 1.72 bits per heavy atom. The van der Waals surface area contributed by atoms with Crippen LogP contribution in [0.3, 0.4) is 0 Å². The van der Waals surface area contributed by atoms with E-state index in [0.717, 1.165) is 35.2 Å². The molecule has 1 fully saturated rings. The molecule has 0 saturated carbocycles. The fourth-order valence-electron chi connectivity index (χ4n) is 5.09. The fraction of sp³-hybridized carbons (Fsp3) is 0.483. The third-order valence-corrected chi connectivity index (χ3v) is 7.00. The van der Waals surface area contributed by atoms with E-state index in [1.807, 2.05) is 19.1 Å². The van der Waals surface area contributed by atoms with E-state index in [1.165, 1.54) is 17.0 Å². The fourth-order valence-corrected chi connectivity index (χ4v) is 5.09. The van der Waals surface area contributed by atoms with Gasteiger partial charge in [0.05, 0.1) is 12.0 Å². The number of likely N-dealkylation sites (tertiary alicyclic amines) is 1. The van der Waals surface area contributed by atoms with Gasteiger partial charge in [-0.3, -0.25) is 14.5 Å². The molecule has 39 heavy (non-hydrogen) atoms. The first-order chi connectivity index (χ1) is 18.2. The summed E-state index contributed by atoms with van der Waals surface area (Å²) < 4.78 is 44.0. The van der Waals surface area contributed by atoms with Gasteiger partial charge in [0.25, 0.3) is 0 Å². The zero-order chi connectivity index (χ0) is 28.5. The third-order valence-electron chi connectivity index (χ3n) is 7.00. The molecule has 2 aromatic carbocycles. The molecular formula is C29H34F3N3O4. The Hall–Kier alpha value is -3.56. The summed E-state index contributed by atoms with van der Waals surface area (Å²) in [5, 5.41) is 2.94. The monoisotopic (exact) mass is 545 g/mol. The summed E-state index contributed by atoms with van der Waals surface area (Å²) in [6.07, 6.45) is -3.13. The maximum Gasteiger partial charge on any atom is 0.416 e. The zero-order valence-electron chi connectivity index (χ0n) is 22.7. The molecule has 0 aliphatic carbocycles. The minimum Gasteiger partial charge on any atom is -0.444 e. The topological polar surface area (TPSA) is 79.0 Å². The van der Waals surface area contributed by atoms with Crippen LogP contribution in [0.25, 0.3) is 0 Å². The van der Waals surface area contributed by atoms with E-state index in [9.17, 15) is 27.6 Å². The minimum absolute atomic E-state index is 0.0615. The van der Waals surface area contributed by atoms with Crippen LogP contribution in [0, 0.1) is 6.92 Å². The van der Waals surface area contributed by atoms with Gasteiger partial charge in [-0.15, -0.1) is 0 Å². The van der Waals surface area contributed by atoms with Crippen molar-refractivity contribution in [3.63, 3.8) is 0 Å². The molecule has 1 saturated heterocycles. The number of anilines is 1. The van der Waals surface area contributed by atoms with Gasteiger partial charge in [-0.25, -0.2) is 4.79 Å². The number of halogens is 3. The van der Waals surface area contributed by atoms with Gasteiger partial charge in [-0.2, -0.15) is 13.2 Å². The number of ether oxygens (including phenoxy) is 1. The lowest BCUT2D eigenvalue weighted by Gasteiger charge is -2.35. The van der Waals surface area contributed by atoms with Crippen molar-refractivity contribution in [3.8, 4) is 0 Å². The number of rotatable bonds is 4. The smallest absolute Gasteiger partial charge is 0.416 e. The van der Waals surface area contributed by atoms with E-state index in [1.54, 1.807) is 25.7 Å². The summed E-state index contributed by atoms with van der Waals surface area (Å²) in [6, 6.07) is 7.82. The molecule has 2 aromatic rings. The summed E-state index contributed by atoms with van der Waals surface area (Å²) >= 11 is 0. The zero-order valence-corrected chi connectivity index (χ0v) is 22.7. The Morgan fingerprint density at radius 1 is 1.03 bits per heavy atom. The van der Waals surface area contributed by atoms with E-state index < -0.39 is 29.5 Å². The molecule has 0 radical (unpaired) electrons. The lowest BCUT2D eigenvalue weighted by atomic mass is 9.94. The van der Waals surface area contributed by atoms with Crippen molar-refractivity contribution < 1.29 is 32.3 Å². The van der Waals surface area contributed by atoms with E-state index >= 15 is 0 Å². The highest BCUT2D eigenvalue weighted by molar-refractivity contribution is 5.94. The van der Waals surface area contributed by atoms with Gasteiger partial charge in [0, 0.05) is 25.3 Å². The number of hydrogen-bond acceptors (Lipinski definition) is 4. The Bertz CT molecular complexity index is 1250. The molecule has 3 amide bonds. The normalized spacial score (nSPS) is 17.6. The summed E-state index contributed by atoms with van der Waals surface area (Å²) in [5.41, 5.74) is 2.45. The number of amides is 3. The maximum absolute atomic E-state index is 13.4. The van der Waals surface area contributed by atoms with Crippen LogP contribution in [0.1, 0.15) is 61.4 Å². The number of carbonyl (C=O) groups is 3. The molecule has 0 aromatic heterocycles. The number of hydrogen-bond donors (Lipinski definition) is 1. The number of benzene rings is 2. The lowest BCUT2D eigenvalue weighted by Crippen LogP contribution is -2.50. The summed E-state index contributed by atoms with van der Waals surface area (Å²) in [5.74, 6) is -0.443. The molecule has 10 heteroatoms. The first-order valence-electron chi connectivity index (χ1n) is 13.1. The molecule has 210 valence electrons. The summed E-state index contributed by atoms with van der Waals surface area (Å²) in [4.78, 5) is 42.2.